The van der Waals surface area contributed by atoms with Crippen LogP contribution >= 0.6 is 0 Å². The second kappa shape index (κ2) is 5.38. The van der Waals surface area contributed by atoms with Gasteiger partial charge in [0.2, 0.25) is 0 Å². The molecule has 0 fully saturated rings. The van der Waals surface area contributed by atoms with E-state index >= 15 is 0 Å². The SMILES string of the molecule is N#Cc1ccc(C=Nc2ccc3ccccc3c2)cc1. The molecule has 2 heteroatoms. The highest BCUT2D eigenvalue weighted by atomic mass is 14.7. The number of nitriles is 1. The van der Waals surface area contributed by atoms with E-state index < -0.39 is 0 Å². The molecule has 0 aliphatic carbocycles. The average Bonchev–Trinajstić information content (AvgIpc) is 2.53. The number of rotatable bonds is 2. The van der Waals surface area contributed by atoms with Gasteiger partial charge in [0, 0.05) is 6.21 Å². The van der Waals surface area contributed by atoms with Gasteiger partial charge in [-0.05, 0) is 40.6 Å². The topological polar surface area (TPSA) is 36.1 Å². The van der Waals surface area contributed by atoms with Crippen LogP contribution in [0.1, 0.15) is 11.1 Å². The second-order valence-corrected chi connectivity index (χ2v) is 4.52. The molecule has 0 aliphatic rings. The molecular formula is C18H12N2. The number of hydrogen-bond acceptors (Lipinski definition) is 2. The van der Waals surface area contributed by atoms with Crippen molar-refractivity contribution in [2.75, 3.05) is 0 Å². The minimum absolute atomic E-state index is 0.660. The van der Waals surface area contributed by atoms with E-state index in [1.54, 1.807) is 12.1 Å². The smallest absolute Gasteiger partial charge is 0.0991 e. The molecule has 0 bridgehead atoms. The monoisotopic (exact) mass is 256 g/mol. The number of hydrogen-bond donors (Lipinski definition) is 0. The molecule has 0 amide bonds. The summed E-state index contributed by atoms with van der Waals surface area (Å²) in [6, 6.07) is 23.8. The minimum atomic E-state index is 0.660. The van der Waals surface area contributed by atoms with Crippen LogP contribution in [0.2, 0.25) is 0 Å². The summed E-state index contributed by atoms with van der Waals surface area (Å²) in [6.07, 6.45) is 1.81. The highest BCUT2D eigenvalue weighted by Crippen LogP contribution is 2.20. The maximum absolute atomic E-state index is 8.75. The lowest BCUT2D eigenvalue weighted by Crippen LogP contribution is -1.81. The van der Waals surface area contributed by atoms with E-state index in [0.29, 0.717) is 5.56 Å². The maximum atomic E-state index is 8.75. The second-order valence-electron chi connectivity index (χ2n) is 4.52. The first-order valence-corrected chi connectivity index (χ1v) is 6.38. The fourth-order valence-corrected chi connectivity index (χ4v) is 2.05. The molecule has 0 aromatic heterocycles. The summed E-state index contributed by atoms with van der Waals surface area (Å²) in [6.45, 7) is 0. The molecule has 0 radical (unpaired) electrons. The van der Waals surface area contributed by atoms with Gasteiger partial charge < -0.3 is 0 Å². The van der Waals surface area contributed by atoms with E-state index in [0.717, 1.165) is 11.3 Å². The molecule has 0 unspecified atom stereocenters. The van der Waals surface area contributed by atoms with Crippen LogP contribution in [-0.2, 0) is 0 Å². The Bertz CT molecular complexity index is 809. The van der Waals surface area contributed by atoms with Crippen LogP contribution in [0.5, 0.6) is 0 Å². The van der Waals surface area contributed by atoms with Gasteiger partial charge in [-0.1, -0.05) is 42.5 Å². The Morgan fingerprint density at radius 2 is 1.60 bits per heavy atom. The predicted octanol–water partition coefficient (Wildman–Crippen LogP) is 4.46. The average molecular weight is 256 g/mol. The van der Waals surface area contributed by atoms with Crippen molar-refractivity contribution < 1.29 is 0 Å². The molecule has 3 aromatic rings. The van der Waals surface area contributed by atoms with Crippen LogP contribution in [0.4, 0.5) is 5.69 Å². The summed E-state index contributed by atoms with van der Waals surface area (Å²) < 4.78 is 0. The van der Waals surface area contributed by atoms with Gasteiger partial charge in [-0.2, -0.15) is 5.26 Å². The van der Waals surface area contributed by atoms with Gasteiger partial charge in [0.25, 0.3) is 0 Å². The van der Waals surface area contributed by atoms with Crippen molar-refractivity contribution in [3.63, 3.8) is 0 Å². The first-order chi connectivity index (χ1) is 9.85. The van der Waals surface area contributed by atoms with E-state index in [9.17, 15) is 0 Å². The number of fused-ring (bicyclic) bond motifs is 1. The molecule has 0 N–H and O–H groups in total. The summed E-state index contributed by atoms with van der Waals surface area (Å²) >= 11 is 0. The Labute approximate surface area is 117 Å². The van der Waals surface area contributed by atoms with Gasteiger partial charge in [-0.25, -0.2) is 0 Å². The van der Waals surface area contributed by atoms with E-state index in [4.69, 9.17) is 5.26 Å². The summed E-state index contributed by atoms with van der Waals surface area (Å²) in [5, 5.41) is 11.1. The number of nitrogens with zero attached hydrogens (tertiary/aromatic N) is 2. The van der Waals surface area contributed by atoms with E-state index in [-0.39, 0.29) is 0 Å². The van der Waals surface area contributed by atoms with Crippen molar-refractivity contribution in [1.29, 1.82) is 5.26 Å². The van der Waals surface area contributed by atoms with Gasteiger partial charge in [-0.3, -0.25) is 4.99 Å². The first-order valence-electron chi connectivity index (χ1n) is 6.38. The van der Waals surface area contributed by atoms with Crippen molar-refractivity contribution in [2.24, 2.45) is 4.99 Å². The number of aliphatic imine (C=N–C) groups is 1. The third-order valence-electron chi connectivity index (χ3n) is 3.14. The Balaban J connectivity index is 1.88. The summed E-state index contributed by atoms with van der Waals surface area (Å²) in [4.78, 5) is 4.47. The highest BCUT2D eigenvalue weighted by molar-refractivity contribution is 5.87. The lowest BCUT2D eigenvalue weighted by atomic mass is 10.1. The lowest BCUT2D eigenvalue weighted by Gasteiger charge is -1.99. The molecule has 94 valence electrons. The van der Waals surface area contributed by atoms with Gasteiger partial charge in [0.05, 0.1) is 17.3 Å². The van der Waals surface area contributed by atoms with Gasteiger partial charge in [-0.15, -0.1) is 0 Å². The molecule has 2 nitrogen and oxygen atoms in total. The van der Waals surface area contributed by atoms with Crippen molar-refractivity contribution in [3.8, 4) is 6.07 Å². The van der Waals surface area contributed by atoms with Crippen molar-refractivity contribution in [1.82, 2.24) is 0 Å². The molecule has 0 atom stereocenters. The third kappa shape index (κ3) is 2.57. The van der Waals surface area contributed by atoms with Crippen LogP contribution in [0.3, 0.4) is 0 Å². The highest BCUT2D eigenvalue weighted by Gasteiger charge is 1.94. The van der Waals surface area contributed by atoms with E-state index in [2.05, 4.69) is 35.3 Å². The van der Waals surface area contributed by atoms with E-state index in [1.807, 2.05) is 36.5 Å². The van der Waals surface area contributed by atoms with Crippen LogP contribution in [0.25, 0.3) is 10.8 Å². The van der Waals surface area contributed by atoms with Crippen molar-refractivity contribution in [2.45, 2.75) is 0 Å². The quantitative estimate of drug-likeness (QED) is 0.623. The summed E-state index contributed by atoms with van der Waals surface area (Å²) in [5.74, 6) is 0. The molecule has 20 heavy (non-hydrogen) atoms. The molecule has 3 aromatic carbocycles. The summed E-state index contributed by atoms with van der Waals surface area (Å²) in [7, 11) is 0. The van der Waals surface area contributed by atoms with Gasteiger partial charge in [0.15, 0.2) is 0 Å². The van der Waals surface area contributed by atoms with Crippen LogP contribution in [0.15, 0.2) is 71.7 Å². The normalized spacial score (nSPS) is 10.8. The molecule has 0 aliphatic heterocycles. The minimum Gasteiger partial charge on any atom is -0.256 e. The predicted molar refractivity (Wildman–Crippen MR) is 82.4 cm³/mol. The number of benzene rings is 3. The van der Waals surface area contributed by atoms with Crippen LogP contribution in [-0.4, -0.2) is 6.21 Å². The van der Waals surface area contributed by atoms with Crippen molar-refractivity contribution >= 4 is 22.7 Å². The molecule has 3 rings (SSSR count). The fourth-order valence-electron chi connectivity index (χ4n) is 2.05. The fraction of sp³-hybridized carbons (Fsp3) is 0. The standard InChI is InChI=1S/C18H12N2/c19-12-14-5-7-15(8-6-14)13-20-18-10-9-16-3-1-2-4-17(16)11-18/h1-11,13H. The van der Waals surface area contributed by atoms with E-state index in [1.165, 1.54) is 10.8 Å². The molecule has 0 saturated carbocycles. The Kier molecular flexibility index (Phi) is 3.26. The zero-order valence-electron chi connectivity index (χ0n) is 10.8. The molecule has 0 spiro atoms. The Hall–Kier alpha value is -2.92. The van der Waals surface area contributed by atoms with Gasteiger partial charge >= 0.3 is 0 Å². The largest absolute Gasteiger partial charge is 0.256 e. The molecular weight excluding hydrogens is 244 g/mol. The zero-order valence-corrected chi connectivity index (χ0v) is 10.8. The van der Waals surface area contributed by atoms with Gasteiger partial charge in [0.1, 0.15) is 0 Å². The lowest BCUT2D eigenvalue weighted by molar-refractivity contribution is 1.48. The Morgan fingerprint density at radius 1 is 0.850 bits per heavy atom. The Morgan fingerprint density at radius 3 is 2.35 bits per heavy atom. The maximum Gasteiger partial charge on any atom is 0.0991 e. The zero-order chi connectivity index (χ0) is 13.8. The van der Waals surface area contributed by atoms with Crippen LogP contribution < -0.4 is 0 Å². The third-order valence-corrected chi connectivity index (χ3v) is 3.14. The molecule has 0 saturated heterocycles. The summed E-state index contributed by atoms with van der Waals surface area (Å²) in [5.41, 5.74) is 2.57. The first kappa shape index (κ1) is 12.1. The van der Waals surface area contributed by atoms with Crippen LogP contribution in [0, 0.1) is 11.3 Å². The van der Waals surface area contributed by atoms with Crippen molar-refractivity contribution in [3.05, 3.63) is 77.9 Å². The molecule has 0 heterocycles.